The van der Waals surface area contributed by atoms with Crippen molar-refractivity contribution in [1.82, 2.24) is 5.32 Å². The molecule has 0 aliphatic heterocycles. The van der Waals surface area contributed by atoms with Crippen molar-refractivity contribution in [2.24, 2.45) is 0 Å². The van der Waals surface area contributed by atoms with Crippen LogP contribution < -0.4 is 10.2 Å². The van der Waals surface area contributed by atoms with Gasteiger partial charge < -0.3 is 10.2 Å². The van der Waals surface area contributed by atoms with Gasteiger partial charge in [-0.2, -0.15) is 11.8 Å². The molecule has 0 saturated heterocycles. The van der Waals surface area contributed by atoms with Gasteiger partial charge in [-0.15, -0.1) is 0 Å². The van der Waals surface area contributed by atoms with Crippen molar-refractivity contribution >= 4 is 17.4 Å². The molecule has 0 aliphatic carbocycles. The maximum atomic E-state index is 13.5. The fourth-order valence-corrected chi connectivity index (χ4v) is 2.22. The molecule has 102 valence electrons. The Hall–Kier alpha value is -0.740. The summed E-state index contributed by atoms with van der Waals surface area (Å²) in [6.45, 7) is 4.63. The summed E-state index contributed by atoms with van der Waals surface area (Å²) >= 11 is 1.85. The molecule has 0 radical (unpaired) electrons. The number of anilines is 1. The van der Waals surface area contributed by atoms with Crippen LogP contribution in [-0.2, 0) is 6.54 Å². The minimum atomic E-state index is -0.155. The van der Waals surface area contributed by atoms with E-state index in [2.05, 4.69) is 29.5 Å². The Balaban J connectivity index is 2.65. The Labute approximate surface area is 114 Å². The number of hydrogen-bond acceptors (Lipinski definition) is 3. The normalized spacial score (nSPS) is 10.7. The van der Waals surface area contributed by atoms with Crippen LogP contribution in [0.3, 0.4) is 0 Å². The Bertz CT molecular complexity index is 358. The average molecular weight is 270 g/mol. The van der Waals surface area contributed by atoms with Crippen molar-refractivity contribution < 1.29 is 4.39 Å². The summed E-state index contributed by atoms with van der Waals surface area (Å²) in [7, 11) is 2.02. The molecule has 0 saturated carbocycles. The zero-order chi connectivity index (χ0) is 13.4. The van der Waals surface area contributed by atoms with E-state index in [1.165, 1.54) is 0 Å². The lowest BCUT2D eigenvalue weighted by atomic mass is 10.1. The van der Waals surface area contributed by atoms with Crippen LogP contribution in [0.5, 0.6) is 0 Å². The molecular formula is C14H23FN2S. The van der Waals surface area contributed by atoms with Crippen LogP contribution in [0.25, 0.3) is 0 Å². The first-order valence-corrected chi connectivity index (χ1v) is 7.77. The highest BCUT2D eigenvalue weighted by atomic mass is 32.2. The molecule has 0 bridgehead atoms. The predicted molar refractivity (Wildman–Crippen MR) is 80.0 cm³/mol. The summed E-state index contributed by atoms with van der Waals surface area (Å²) in [5, 5.41) is 3.22. The summed E-state index contributed by atoms with van der Waals surface area (Å²) in [4.78, 5) is 2.12. The van der Waals surface area contributed by atoms with Gasteiger partial charge in [0.25, 0.3) is 0 Å². The van der Waals surface area contributed by atoms with Crippen LogP contribution in [0.1, 0.15) is 18.9 Å². The molecule has 18 heavy (non-hydrogen) atoms. The number of nitrogens with zero attached hydrogens (tertiary/aromatic N) is 1. The Morgan fingerprint density at radius 2 is 2.11 bits per heavy atom. The first kappa shape index (κ1) is 15.3. The second-order valence-corrected chi connectivity index (χ2v) is 5.35. The van der Waals surface area contributed by atoms with Crippen LogP contribution in [0.2, 0.25) is 0 Å². The highest BCUT2D eigenvalue weighted by molar-refractivity contribution is 7.98. The predicted octanol–water partition coefficient (Wildman–Crippen LogP) is 3.12. The van der Waals surface area contributed by atoms with Gasteiger partial charge in [-0.05, 0) is 48.7 Å². The Morgan fingerprint density at radius 3 is 2.78 bits per heavy atom. The largest absolute Gasteiger partial charge is 0.374 e. The van der Waals surface area contributed by atoms with Gasteiger partial charge in [0.1, 0.15) is 5.82 Å². The fraction of sp³-hybridized carbons (Fsp3) is 0.571. The van der Waals surface area contributed by atoms with E-state index in [0.717, 1.165) is 43.1 Å². The molecule has 0 atom stereocenters. The topological polar surface area (TPSA) is 15.3 Å². The van der Waals surface area contributed by atoms with Gasteiger partial charge in [0.05, 0.1) is 0 Å². The molecule has 4 heteroatoms. The van der Waals surface area contributed by atoms with E-state index in [0.29, 0.717) is 0 Å². The van der Waals surface area contributed by atoms with Crippen molar-refractivity contribution in [3.63, 3.8) is 0 Å². The Morgan fingerprint density at radius 1 is 1.33 bits per heavy atom. The van der Waals surface area contributed by atoms with E-state index in [-0.39, 0.29) is 5.82 Å². The first-order valence-electron chi connectivity index (χ1n) is 6.37. The number of nitrogens with one attached hydrogen (secondary N) is 1. The molecule has 1 rings (SSSR count). The molecule has 0 fully saturated rings. The minimum absolute atomic E-state index is 0.155. The van der Waals surface area contributed by atoms with Crippen LogP contribution in [0.15, 0.2) is 18.2 Å². The number of rotatable bonds is 8. The van der Waals surface area contributed by atoms with Crippen molar-refractivity contribution in [2.75, 3.05) is 37.0 Å². The van der Waals surface area contributed by atoms with Crippen LogP contribution >= 0.6 is 11.8 Å². The standard InChI is InChI=1S/C14H23FN2S/c1-4-16-11-12-8-13(15)10-14(9-12)17(2)6-5-7-18-3/h8-10,16H,4-7,11H2,1-3H3. The molecule has 0 unspecified atom stereocenters. The Kier molecular flexibility index (Phi) is 7.13. The third-order valence-corrected chi connectivity index (χ3v) is 3.50. The third kappa shape index (κ3) is 5.27. The second-order valence-electron chi connectivity index (χ2n) is 4.37. The van der Waals surface area contributed by atoms with E-state index in [1.807, 2.05) is 18.8 Å². The number of halogens is 1. The van der Waals surface area contributed by atoms with Gasteiger partial charge >= 0.3 is 0 Å². The molecule has 0 spiro atoms. The lowest BCUT2D eigenvalue weighted by molar-refractivity contribution is 0.621. The number of benzene rings is 1. The third-order valence-electron chi connectivity index (χ3n) is 2.80. The first-order chi connectivity index (χ1) is 8.67. The summed E-state index contributed by atoms with van der Waals surface area (Å²) in [5.74, 6) is 0.987. The summed E-state index contributed by atoms with van der Waals surface area (Å²) in [6, 6.07) is 5.27. The number of hydrogen-bond donors (Lipinski definition) is 1. The minimum Gasteiger partial charge on any atom is -0.374 e. The average Bonchev–Trinajstić information content (AvgIpc) is 2.36. The highest BCUT2D eigenvalue weighted by Crippen LogP contribution is 2.18. The molecule has 1 N–H and O–H groups in total. The van der Waals surface area contributed by atoms with Gasteiger partial charge in [0.2, 0.25) is 0 Å². The monoisotopic (exact) mass is 270 g/mol. The van der Waals surface area contributed by atoms with E-state index in [4.69, 9.17) is 0 Å². The SMILES string of the molecule is CCNCc1cc(F)cc(N(C)CCCSC)c1. The lowest BCUT2D eigenvalue weighted by Gasteiger charge is -2.20. The van der Waals surface area contributed by atoms with E-state index < -0.39 is 0 Å². The van der Waals surface area contributed by atoms with E-state index in [9.17, 15) is 4.39 Å². The van der Waals surface area contributed by atoms with Crippen LogP contribution in [0.4, 0.5) is 10.1 Å². The van der Waals surface area contributed by atoms with Gasteiger partial charge in [-0.25, -0.2) is 4.39 Å². The fourth-order valence-electron chi connectivity index (χ4n) is 1.80. The summed E-state index contributed by atoms with van der Waals surface area (Å²) in [6.07, 6.45) is 3.23. The van der Waals surface area contributed by atoms with E-state index >= 15 is 0 Å². The maximum Gasteiger partial charge on any atom is 0.125 e. The molecule has 1 aromatic rings. The van der Waals surface area contributed by atoms with Crippen molar-refractivity contribution in [2.45, 2.75) is 19.9 Å². The van der Waals surface area contributed by atoms with Crippen LogP contribution in [0, 0.1) is 5.82 Å². The second kappa shape index (κ2) is 8.38. The summed E-state index contributed by atoms with van der Waals surface area (Å²) < 4.78 is 13.5. The lowest BCUT2D eigenvalue weighted by Crippen LogP contribution is -2.20. The molecule has 2 nitrogen and oxygen atoms in total. The summed E-state index contributed by atoms with van der Waals surface area (Å²) in [5.41, 5.74) is 1.97. The van der Waals surface area contributed by atoms with Crippen molar-refractivity contribution in [3.05, 3.63) is 29.6 Å². The maximum absolute atomic E-state index is 13.5. The van der Waals surface area contributed by atoms with Crippen LogP contribution in [-0.4, -0.2) is 32.1 Å². The zero-order valence-electron chi connectivity index (χ0n) is 11.5. The van der Waals surface area contributed by atoms with E-state index in [1.54, 1.807) is 12.1 Å². The van der Waals surface area contributed by atoms with Gasteiger partial charge in [-0.1, -0.05) is 6.92 Å². The smallest absolute Gasteiger partial charge is 0.125 e. The van der Waals surface area contributed by atoms with Crippen molar-refractivity contribution in [1.29, 1.82) is 0 Å². The molecule has 0 heterocycles. The molecule has 1 aromatic carbocycles. The highest BCUT2D eigenvalue weighted by Gasteiger charge is 2.05. The van der Waals surface area contributed by atoms with Gasteiger partial charge in [0.15, 0.2) is 0 Å². The molecule has 0 aliphatic rings. The molecular weight excluding hydrogens is 247 g/mol. The molecule has 0 amide bonds. The van der Waals surface area contributed by atoms with Gasteiger partial charge in [-0.3, -0.25) is 0 Å². The number of thioether (sulfide) groups is 1. The van der Waals surface area contributed by atoms with Crippen molar-refractivity contribution in [3.8, 4) is 0 Å². The van der Waals surface area contributed by atoms with Gasteiger partial charge in [0, 0.05) is 25.8 Å². The quantitative estimate of drug-likeness (QED) is 0.731. The molecule has 0 aromatic heterocycles. The zero-order valence-corrected chi connectivity index (χ0v) is 12.3.